The van der Waals surface area contributed by atoms with Crippen molar-refractivity contribution < 1.29 is 18.0 Å². The van der Waals surface area contributed by atoms with Crippen molar-refractivity contribution in [1.29, 1.82) is 0 Å². The van der Waals surface area contributed by atoms with Crippen LogP contribution in [0.25, 0.3) is 10.9 Å². The van der Waals surface area contributed by atoms with Gasteiger partial charge in [-0.1, -0.05) is 12.6 Å². The number of hydrogen-bond donors (Lipinski definition) is 3. The number of carbonyl (C=O) groups is 1. The van der Waals surface area contributed by atoms with Crippen LogP contribution in [0.4, 0.5) is 47.7 Å². The fourth-order valence-electron chi connectivity index (χ4n) is 4.41. The third kappa shape index (κ3) is 6.32. The molecule has 11 heteroatoms. The Morgan fingerprint density at radius 3 is 2.33 bits per heavy atom. The second-order valence-corrected chi connectivity index (χ2v) is 9.49. The molecule has 206 valence electrons. The minimum absolute atomic E-state index is 0.180. The Labute approximate surface area is 229 Å². The summed E-state index contributed by atoms with van der Waals surface area (Å²) in [4.78, 5) is 25.3. The molecule has 4 aromatic rings. The highest BCUT2D eigenvalue weighted by Gasteiger charge is 2.31. The molecule has 0 atom stereocenters. The molecule has 1 aliphatic rings. The van der Waals surface area contributed by atoms with E-state index in [0.29, 0.717) is 16.9 Å². The van der Waals surface area contributed by atoms with Gasteiger partial charge in [-0.2, -0.15) is 18.2 Å². The van der Waals surface area contributed by atoms with Crippen LogP contribution in [0.2, 0.25) is 0 Å². The van der Waals surface area contributed by atoms with Gasteiger partial charge in [-0.05, 0) is 73.8 Å². The lowest BCUT2D eigenvalue weighted by molar-refractivity contribution is -0.137. The molecule has 2 heterocycles. The summed E-state index contributed by atoms with van der Waals surface area (Å²) in [7, 11) is 2.11. The maximum Gasteiger partial charge on any atom is 0.416 e. The number of amides is 1. The Balaban J connectivity index is 1.45. The number of piperazine rings is 1. The molecular weight excluding hydrogens is 519 g/mol. The zero-order chi connectivity index (χ0) is 28.3. The molecule has 1 aliphatic heterocycles. The summed E-state index contributed by atoms with van der Waals surface area (Å²) in [6, 6.07) is 18.0. The van der Waals surface area contributed by atoms with E-state index in [1.165, 1.54) is 6.07 Å². The van der Waals surface area contributed by atoms with Gasteiger partial charge in [-0.3, -0.25) is 4.79 Å². The van der Waals surface area contributed by atoms with Gasteiger partial charge in [0.05, 0.1) is 11.1 Å². The van der Waals surface area contributed by atoms with Crippen LogP contribution in [-0.2, 0) is 11.0 Å². The average Bonchev–Trinajstić information content (AvgIpc) is 2.93. The lowest BCUT2D eigenvalue weighted by Gasteiger charge is -2.34. The van der Waals surface area contributed by atoms with Crippen LogP contribution in [0.3, 0.4) is 0 Å². The summed E-state index contributed by atoms with van der Waals surface area (Å²) in [5.74, 6) is 0.0163. The fraction of sp³-hybridized carbons (Fsp3) is 0.207. The number of halogens is 3. The molecule has 1 saturated heterocycles. The van der Waals surface area contributed by atoms with E-state index in [4.69, 9.17) is 0 Å². The molecule has 1 fully saturated rings. The standard InChI is InChI=1S/C29H28F3N7O/c1-3-26(40)33-21-5-4-6-22(18-21)34-27-24-17-19(29(30,31)32)7-12-25(24)36-28(37-27)35-20-8-10-23(11-9-20)39-15-13-38(2)14-16-39/h3-12,17-18H,1,13-16H2,2H3,(H,33,40)(H2,34,35,36,37). The van der Waals surface area contributed by atoms with Gasteiger partial charge < -0.3 is 25.8 Å². The lowest BCUT2D eigenvalue weighted by Crippen LogP contribution is -2.44. The van der Waals surface area contributed by atoms with Crippen LogP contribution in [-0.4, -0.2) is 54.0 Å². The second-order valence-electron chi connectivity index (χ2n) is 9.49. The topological polar surface area (TPSA) is 85.4 Å². The van der Waals surface area contributed by atoms with E-state index < -0.39 is 11.7 Å². The molecule has 5 rings (SSSR count). The molecule has 8 nitrogen and oxygen atoms in total. The monoisotopic (exact) mass is 547 g/mol. The van der Waals surface area contributed by atoms with Crippen molar-refractivity contribution in [2.24, 2.45) is 0 Å². The van der Waals surface area contributed by atoms with E-state index in [-0.39, 0.29) is 23.1 Å². The molecule has 0 saturated carbocycles. The van der Waals surface area contributed by atoms with E-state index in [9.17, 15) is 18.0 Å². The van der Waals surface area contributed by atoms with E-state index in [0.717, 1.165) is 55.8 Å². The van der Waals surface area contributed by atoms with Crippen molar-refractivity contribution in [3.63, 3.8) is 0 Å². The number of fused-ring (bicyclic) bond motifs is 1. The van der Waals surface area contributed by atoms with Gasteiger partial charge in [0, 0.05) is 54.3 Å². The van der Waals surface area contributed by atoms with Crippen molar-refractivity contribution in [2.45, 2.75) is 6.18 Å². The molecule has 3 aromatic carbocycles. The molecule has 1 aromatic heterocycles. The highest BCUT2D eigenvalue weighted by atomic mass is 19.4. The number of nitrogens with zero attached hydrogens (tertiary/aromatic N) is 4. The number of nitrogens with one attached hydrogen (secondary N) is 3. The highest BCUT2D eigenvalue weighted by molar-refractivity contribution is 5.99. The van der Waals surface area contributed by atoms with Gasteiger partial charge >= 0.3 is 6.18 Å². The molecule has 40 heavy (non-hydrogen) atoms. The van der Waals surface area contributed by atoms with Crippen molar-refractivity contribution in [1.82, 2.24) is 14.9 Å². The molecule has 0 spiro atoms. The van der Waals surface area contributed by atoms with Crippen molar-refractivity contribution in [3.05, 3.63) is 84.9 Å². The number of alkyl halides is 3. The molecule has 0 radical (unpaired) electrons. The van der Waals surface area contributed by atoms with Gasteiger partial charge in [-0.25, -0.2) is 4.98 Å². The molecular formula is C29H28F3N7O. The van der Waals surface area contributed by atoms with Gasteiger partial charge in [0.25, 0.3) is 0 Å². The first-order valence-corrected chi connectivity index (χ1v) is 12.7. The number of anilines is 6. The molecule has 0 unspecified atom stereocenters. The lowest BCUT2D eigenvalue weighted by atomic mass is 10.1. The van der Waals surface area contributed by atoms with E-state index in [2.05, 4.69) is 49.3 Å². The van der Waals surface area contributed by atoms with Gasteiger partial charge in [0.2, 0.25) is 11.9 Å². The summed E-state index contributed by atoms with van der Waals surface area (Å²) >= 11 is 0. The summed E-state index contributed by atoms with van der Waals surface area (Å²) in [6.07, 6.45) is -3.38. The van der Waals surface area contributed by atoms with E-state index in [1.807, 2.05) is 24.3 Å². The minimum Gasteiger partial charge on any atom is -0.369 e. The summed E-state index contributed by atoms with van der Waals surface area (Å²) < 4.78 is 40.5. The van der Waals surface area contributed by atoms with Crippen molar-refractivity contribution in [2.75, 3.05) is 54.1 Å². The third-order valence-corrected chi connectivity index (χ3v) is 6.59. The number of rotatable bonds is 7. The summed E-state index contributed by atoms with van der Waals surface area (Å²) in [5, 5.41) is 9.12. The normalized spacial score (nSPS) is 14.2. The number of likely N-dealkylation sites (N-methyl/N-ethyl adjacent to an activating group) is 1. The minimum atomic E-state index is -4.53. The number of hydrogen-bond acceptors (Lipinski definition) is 7. The Bertz CT molecular complexity index is 1530. The Morgan fingerprint density at radius 1 is 0.900 bits per heavy atom. The third-order valence-electron chi connectivity index (χ3n) is 6.59. The molecule has 1 amide bonds. The van der Waals surface area contributed by atoms with Crippen LogP contribution in [0.5, 0.6) is 0 Å². The molecule has 3 N–H and O–H groups in total. The Kier molecular flexibility index (Phi) is 7.56. The number of aromatic nitrogens is 2. The van der Waals surface area contributed by atoms with Gasteiger partial charge in [0.15, 0.2) is 0 Å². The zero-order valence-corrected chi connectivity index (χ0v) is 21.8. The first-order chi connectivity index (χ1) is 19.2. The predicted molar refractivity (Wildman–Crippen MR) is 153 cm³/mol. The quantitative estimate of drug-likeness (QED) is 0.244. The average molecular weight is 548 g/mol. The summed E-state index contributed by atoms with van der Waals surface area (Å²) in [6.45, 7) is 7.34. The van der Waals surface area contributed by atoms with Crippen LogP contribution >= 0.6 is 0 Å². The maximum absolute atomic E-state index is 13.5. The first-order valence-electron chi connectivity index (χ1n) is 12.7. The van der Waals surface area contributed by atoms with Gasteiger partial charge in [0.1, 0.15) is 5.82 Å². The number of benzene rings is 3. The van der Waals surface area contributed by atoms with Crippen molar-refractivity contribution >= 4 is 51.3 Å². The van der Waals surface area contributed by atoms with Crippen LogP contribution in [0.1, 0.15) is 5.56 Å². The largest absolute Gasteiger partial charge is 0.416 e. The Morgan fingerprint density at radius 2 is 1.62 bits per heavy atom. The van der Waals surface area contributed by atoms with E-state index >= 15 is 0 Å². The number of carbonyl (C=O) groups excluding carboxylic acids is 1. The van der Waals surface area contributed by atoms with Crippen LogP contribution in [0.15, 0.2) is 79.4 Å². The Hall–Kier alpha value is -4.64. The maximum atomic E-state index is 13.5. The SMILES string of the molecule is C=CC(=O)Nc1cccc(Nc2nc(Nc3ccc(N4CCN(C)CC4)cc3)nc3ccc(C(F)(F)F)cc23)c1. The van der Waals surface area contributed by atoms with Crippen LogP contribution < -0.4 is 20.9 Å². The molecule has 0 bridgehead atoms. The van der Waals surface area contributed by atoms with Crippen molar-refractivity contribution in [3.8, 4) is 0 Å². The van der Waals surface area contributed by atoms with Gasteiger partial charge in [-0.15, -0.1) is 0 Å². The molecule has 0 aliphatic carbocycles. The highest BCUT2D eigenvalue weighted by Crippen LogP contribution is 2.34. The summed E-state index contributed by atoms with van der Waals surface area (Å²) in [5.41, 5.74) is 2.38. The van der Waals surface area contributed by atoms with Crippen LogP contribution in [0, 0.1) is 0 Å². The van der Waals surface area contributed by atoms with E-state index in [1.54, 1.807) is 24.3 Å². The fourth-order valence-corrected chi connectivity index (χ4v) is 4.41. The zero-order valence-electron chi connectivity index (χ0n) is 21.8. The first kappa shape index (κ1) is 26.9. The second kappa shape index (κ2) is 11.2. The smallest absolute Gasteiger partial charge is 0.369 e. The predicted octanol–water partition coefficient (Wildman–Crippen LogP) is 6.01.